The highest BCUT2D eigenvalue weighted by molar-refractivity contribution is 5.89. The lowest BCUT2D eigenvalue weighted by molar-refractivity contribution is 0.198. The molecule has 0 unspecified atom stereocenters. The topological polar surface area (TPSA) is 74.2 Å². The molecule has 0 aliphatic rings. The van der Waals surface area contributed by atoms with Crippen molar-refractivity contribution in [3.8, 4) is 6.07 Å². The lowest BCUT2D eigenvalue weighted by Gasteiger charge is -2.06. The molecule has 16 heavy (non-hydrogen) atoms. The van der Waals surface area contributed by atoms with Crippen molar-refractivity contribution in [3.05, 3.63) is 29.8 Å². The van der Waals surface area contributed by atoms with Crippen LogP contribution in [-0.4, -0.2) is 26.3 Å². The molecule has 1 aromatic carbocycles. The van der Waals surface area contributed by atoms with Gasteiger partial charge in [-0.3, -0.25) is 0 Å². The minimum Gasteiger partial charge on any atom is -0.383 e. The highest BCUT2D eigenvalue weighted by Gasteiger charge is 2.00. The van der Waals surface area contributed by atoms with Gasteiger partial charge in [0.1, 0.15) is 0 Å². The van der Waals surface area contributed by atoms with Crippen LogP contribution in [0.3, 0.4) is 0 Å². The summed E-state index contributed by atoms with van der Waals surface area (Å²) in [6, 6.07) is 8.35. The van der Waals surface area contributed by atoms with Crippen LogP contribution in [-0.2, 0) is 4.74 Å². The third kappa shape index (κ3) is 3.98. The Morgan fingerprint density at radius 2 is 2.12 bits per heavy atom. The van der Waals surface area contributed by atoms with Crippen molar-refractivity contribution in [1.29, 1.82) is 5.26 Å². The van der Waals surface area contributed by atoms with E-state index in [-0.39, 0.29) is 6.03 Å². The summed E-state index contributed by atoms with van der Waals surface area (Å²) in [5, 5.41) is 13.8. The van der Waals surface area contributed by atoms with Crippen molar-refractivity contribution >= 4 is 11.7 Å². The normalized spacial score (nSPS) is 9.25. The third-order valence-electron chi connectivity index (χ3n) is 1.86. The smallest absolute Gasteiger partial charge is 0.319 e. The van der Waals surface area contributed by atoms with Crippen molar-refractivity contribution in [2.45, 2.75) is 0 Å². The van der Waals surface area contributed by atoms with Crippen LogP contribution < -0.4 is 10.6 Å². The number of ether oxygens (including phenoxy) is 1. The largest absolute Gasteiger partial charge is 0.383 e. The summed E-state index contributed by atoms with van der Waals surface area (Å²) in [5.74, 6) is 0. The van der Waals surface area contributed by atoms with Gasteiger partial charge in [0.25, 0.3) is 0 Å². The Morgan fingerprint density at radius 1 is 1.44 bits per heavy atom. The lowest BCUT2D eigenvalue weighted by Crippen LogP contribution is -2.31. The Kier molecular flexibility index (Phi) is 4.83. The third-order valence-corrected chi connectivity index (χ3v) is 1.86. The summed E-state index contributed by atoms with van der Waals surface area (Å²) in [6.07, 6.45) is 0. The zero-order valence-corrected chi connectivity index (χ0v) is 8.99. The molecule has 84 valence electrons. The number of carbonyl (C=O) groups is 1. The number of hydrogen-bond acceptors (Lipinski definition) is 3. The van der Waals surface area contributed by atoms with Gasteiger partial charge in [0.2, 0.25) is 0 Å². The maximum atomic E-state index is 11.3. The van der Waals surface area contributed by atoms with Gasteiger partial charge in [0.05, 0.1) is 18.2 Å². The first-order valence-electron chi connectivity index (χ1n) is 4.80. The average Bonchev–Trinajstić information content (AvgIpc) is 2.30. The van der Waals surface area contributed by atoms with Crippen LogP contribution in [0.15, 0.2) is 24.3 Å². The molecule has 2 amide bonds. The summed E-state index contributed by atoms with van der Waals surface area (Å²) >= 11 is 0. The number of anilines is 1. The van der Waals surface area contributed by atoms with E-state index in [2.05, 4.69) is 10.6 Å². The molecule has 1 rings (SSSR count). The van der Waals surface area contributed by atoms with E-state index in [1.807, 2.05) is 6.07 Å². The molecule has 0 saturated carbocycles. The molecule has 5 nitrogen and oxygen atoms in total. The zero-order chi connectivity index (χ0) is 11.8. The van der Waals surface area contributed by atoms with Gasteiger partial charge in [-0.15, -0.1) is 0 Å². The van der Waals surface area contributed by atoms with E-state index in [0.29, 0.717) is 24.4 Å². The van der Waals surface area contributed by atoms with E-state index >= 15 is 0 Å². The van der Waals surface area contributed by atoms with E-state index < -0.39 is 0 Å². The van der Waals surface area contributed by atoms with Gasteiger partial charge in [-0.2, -0.15) is 5.26 Å². The zero-order valence-electron chi connectivity index (χ0n) is 8.99. The van der Waals surface area contributed by atoms with Crippen molar-refractivity contribution in [3.63, 3.8) is 0 Å². The summed E-state index contributed by atoms with van der Waals surface area (Å²) < 4.78 is 4.79. The summed E-state index contributed by atoms with van der Waals surface area (Å²) in [6.45, 7) is 0.930. The molecule has 0 aromatic heterocycles. The monoisotopic (exact) mass is 219 g/mol. The predicted octanol–water partition coefficient (Wildman–Crippen LogP) is 1.33. The first-order chi connectivity index (χ1) is 7.76. The Morgan fingerprint density at radius 3 is 2.69 bits per heavy atom. The number of nitrogens with zero attached hydrogens (tertiary/aromatic N) is 1. The van der Waals surface area contributed by atoms with Crippen LogP contribution in [0.4, 0.5) is 10.5 Å². The van der Waals surface area contributed by atoms with E-state index in [4.69, 9.17) is 10.00 Å². The van der Waals surface area contributed by atoms with Crippen LogP contribution in [0.1, 0.15) is 5.56 Å². The molecule has 5 heteroatoms. The van der Waals surface area contributed by atoms with E-state index in [0.717, 1.165) is 0 Å². The molecule has 0 spiro atoms. The molecule has 2 N–H and O–H groups in total. The van der Waals surface area contributed by atoms with Gasteiger partial charge in [0, 0.05) is 19.3 Å². The molecular formula is C11H13N3O2. The van der Waals surface area contributed by atoms with Gasteiger partial charge in [-0.05, 0) is 24.3 Å². The van der Waals surface area contributed by atoms with Crippen LogP contribution in [0.5, 0.6) is 0 Å². The number of carbonyl (C=O) groups excluding carboxylic acids is 1. The Hall–Kier alpha value is -2.06. The fraction of sp³-hybridized carbons (Fsp3) is 0.273. The summed E-state index contributed by atoms with van der Waals surface area (Å²) in [4.78, 5) is 11.3. The molecule has 0 atom stereocenters. The van der Waals surface area contributed by atoms with Crippen LogP contribution in [0, 0.1) is 11.3 Å². The van der Waals surface area contributed by atoms with Crippen molar-refractivity contribution in [1.82, 2.24) is 5.32 Å². The van der Waals surface area contributed by atoms with Gasteiger partial charge < -0.3 is 15.4 Å². The van der Waals surface area contributed by atoms with Crippen molar-refractivity contribution in [2.75, 3.05) is 25.6 Å². The average molecular weight is 219 g/mol. The maximum Gasteiger partial charge on any atom is 0.319 e. The Balaban J connectivity index is 2.41. The number of urea groups is 1. The van der Waals surface area contributed by atoms with Gasteiger partial charge >= 0.3 is 6.03 Å². The first-order valence-corrected chi connectivity index (χ1v) is 4.80. The number of hydrogen-bond donors (Lipinski definition) is 2. The Labute approximate surface area is 94.0 Å². The second kappa shape index (κ2) is 6.43. The molecule has 0 aliphatic heterocycles. The number of amides is 2. The summed E-state index contributed by atoms with van der Waals surface area (Å²) in [5.41, 5.74) is 1.21. The van der Waals surface area contributed by atoms with E-state index in [9.17, 15) is 4.79 Å². The fourth-order valence-electron chi connectivity index (χ4n) is 1.07. The molecule has 0 fully saturated rings. The first kappa shape index (κ1) is 12.0. The van der Waals surface area contributed by atoms with Gasteiger partial charge in [0.15, 0.2) is 0 Å². The number of benzene rings is 1. The molecule has 0 bridgehead atoms. The summed E-state index contributed by atoms with van der Waals surface area (Å²) in [7, 11) is 1.57. The molecule has 0 heterocycles. The highest BCUT2D eigenvalue weighted by atomic mass is 16.5. The number of methoxy groups -OCH3 is 1. The molecule has 0 radical (unpaired) electrons. The van der Waals surface area contributed by atoms with Crippen molar-refractivity contribution < 1.29 is 9.53 Å². The second-order valence-corrected chi connectivity index (χ2v) is 3.06. The van der Waals surface area contributed by atoms with Crippen molar-refractivity contribution in [2.24, 2.45) is 0 Å². The van der Waals surface area contributed by atoms with Crippen LogP contribution in [0.2, 0.25) is 0 Å². The standard InChI is InChI=1S/C11H13N3O2/c1-16-7-6-13-11(15)14-10-4-2-9(8-12)3-5-10/h2-5H,6-7H2,1H3,(H2,13,14,15). The van der Waals surface area contributed by atoms with E-state index in [1.165, 1.54) is 0 Å². The second-order valence-electron chi connectivity index (χ2n) is 3.06. The number of rotatable bonds is 4. The minimum atomic E-state index is -0.290. The molecule has 0 aliphatic carbocycles. The Bertz CT molecular complexity index is 381. The highest BCUT2D eigenvalue weighted by Crippen LogP contribution is 2.08. The lowest BCUT2D eigenvalue weighted by atomic mass is 10.2. The molecular weight excluding hydrogens is 206 g/mol. The predicted molar refractivity (Wildman–Crippen MR) is 60.1 cm³/mol. The fourth-order valence-corrected chi connectivity index (χ4v) is 1.07. The number of nitriles is 1. The quantitative estimate of drug-likeness (QED) is 0.750. The molecule has 0 saturated heterocycles. The minimum absolute atomic E-state index is 0.290. The number of nitrogens with one attached hydrogen (secondary N) is 2. The van der Waals surface area contributed by atoms with Crippen LogP contribution >= 0.6 is 0 Å². The molecule has 1 aromatic rings. The van der Waals surface area contributed by atoms with Gasteiger partial charge in [-0.25, -0.2) is 4.79 Å². The maximum absolute atomic E-state index is 11.3. The van der Waals surface area contributed by atoms with Gasteiger partial charge in [-0.1, -0.05) is 0 Å². The van der Waals surface area contributed by atoms with E-state index in [1.54, 1.807) is 31.4 Å². The SMILES string of the molecule is COCCNC(=O)Nc1ccc(C#N)cc1. The van der Waals surface area contributed by atoms with Crippen LogP contribution in [0.25, 0.3) is 0 Å².